The number of urea groups is 1. The molecule has 0 aromatic heterocycles. The molecule has 0 aliphatic carbocycles. The summed E-state index contributed by atoms with van der Waals surface area (Å²) >= 11 is 0. The number of anilines is 1. The van der Waals surface area contributed by atoms with Gasteiger partial charge in [0.15, 0.2) is 0 Å². The second-order valence-electron chi connectivity index (χ2n) is 5.94. The fraction of sp³-hybridized carbons (Fsp3) is 0.562. The minimum atomic E-state index is -0.393. The molecule has 21 heavy (non-hydrogen) atoms. The Bertz CT molecular complexity index is 494. The summed E-state index contributed by atoms with van der Waals surface area (Å²) in [5, 5.41) is 6.21. The van der Waals surface area contributed by atoms with Crippen molar-refractivity contribution in [2.75, 3.05) is 25.0 Å². The van der Waals surface area contributed by atoms with Gasteiger partial charge in [0, 0.05) is 19.1 Å². The van der Waals surface area contributed by atoms with E-state index in [2.05, 4.69) is 10.6 Å². The minimum absolute atomic E-state index is 0.196. The maximum absolute atomic E-state index is 13.5. The molecule has 1 atom stereocenters. The molecule has 2 N–H and O–H groups in total. The molecular formula is C16H22FN3O. The van der Waals surface area contributed by atoms with Crippen LogP contribution in [-0.2, 0) is 0 Å². The van der Waals surface area contributed by atoms with E-state index < -0.39 is 5.82 Å². The van der Waals surface area contributed by atoms with E-state index in [1.54, 1.807) is 23.1 Å². The highest BCUT2D eigenvalue weighted by Crippen LogP contribution is 2.26. The van der Waals surface area contributed by atoms with Gasteiger partial charge in [-0.25, -0.2) is 9.18 Å². The zero-order chi connectivity index (χ0) is 14.7. The molecule has 2 aliphatic rings. The Morgan fingerprint density at radius 2 is 2.00 bits per heavy atom. The van der Waals surface area contributed by atoms with E-state index in [0.29, 0.717) is 12.0 Å². The van der Waals surface area contributed by atoms with E-state index in [0.717, 1.165) is 32.5 Å². The summed E-state index contributed by atoms with van der Waals surface area (Å²) in [7, 11) is 0. The maximum atomic E-state index is 13.5. The third kappa shape index (κ3) is 3.35. The van der Waals surface area contributed by atoms with Crippen LogP contribution in [0.3, 0.4) is 0 Å². The number of carbonyl (C=O) groups excluding carboxylic acids is 1. The number of carbonyl (C=O) groups is 1. The quantitative estimate of drug-likeness (QED) is 0.880. The molecule has 4 nitrogen and oxygen atoms in total. The van der Waals surface area contributed by atoms with E-state index in [4.69, 9.17) is 0 Å². The molecule has 114 valence electrons. The fourth-order valence-electron chi connectivity index (χ4n) is 3.38. The zero-order valence-corrected chi connectivity index (χ0v) is 12.1. The summed E-state index contributed by atoms with van der Waals surface area (Å²) in [6, 6.07) is 6.71. The van der Waals surface area contributed by atoms with Gasteiger partial charge >= 0.3 is 6.03 Å². The van der Waals surface area contributed by atoms with Gasteiger partial charge in [0.05, 0.1) is 5.69 Å². The molecule has 3 rings (SSSR count). The van der Waals surface area contributed by atoms with Crippen LogP contribution in [0, 0.1) is 11.7 Å². The largest absolute Gasteiger partial charge is 0.325 e. The van der Waals surface area contributed by atoms with Gasteiger partial charge in [-0.2, -0.15) is 0 Å². The predicted octanol–water partition coefficient (Wildman–Crippen LogP) is 2.82. The summed E-state index contributed by atoms with van der Waals surface area (Å²) in [5.74, 6) is 0.279. The molecule has 0 spiro atoms. The van der Waals surface area contributed by atoms with Gasteiger partial charge in [-0.3, -0.25) is 0 Å². The number of hydrogen-bond acceptors (Lipinski definition) is 2. The molecule has 2 heterocycles. The number of amides is 2. The van der Waals surface area contributed by atoms with Crippen LogP contribution >= 0.6 is 0 Å². The first-order valence-electron chi connectivity index (χ1n) is 7.78. The van der Waals surface area contributed by atoms with Crippen molar-refractivity contribution in [2.45, 2.75) is 31.7 Å². The van der Waals surface area contributed by atoms with Gasteiger partial charge in [-0.05, 0) is 50.3 Å². The van der Waals surface area contributed by atoms with Gasteiger partial charge < -0.3 is 15.5 Å². The van der Waals surface area contributed by atoms with E-state index in [-0.39, 0.29) is 11.7 Å². The molecule has 2 aliphatic heterocycles. The first-order valence-corrected chi connectivity index (χ1v) is 7.78. The Morgan fingerprint density at radius 1 is 1.24 bits per heavy atom. The Labute approximate surface area is 124 Å². The van der Waals surface area contributed by atoms with Crippen LogP contribution in [-0.4, -0.2) is 36.6 Å². The smallest absolute Gasteiger partial charge is 0.321 e. The number of nitrogens with zero attached hydrogens (tertiary/aromatic N) is 1. The summed E-state index contributed by atoms with van der Waals surface area (Å²) in [6.45, 7) is 2.63. The van der Waals surface area contributed by atoms with Crippen molar-refractivity contribution in [1.29, 1.82) is 0 Å². The molecule has 2 amide bonds. The molecular weight excluding hydrogens is 269 g/mol. The zero-order valence-electron chi connectivity index (χ0n) is 12.1. The number of benzene rings is 1. The monoisotopic (exact) mass is 291 g/mol. The lowest BCUT2D eigenvalue weighted by Crippen LogP contribution is -2.45. The Kier molecular flexibility index (Phi) is 4.39. The summed E-state index contributed by atoms with van der Waals surface area (Å²) in [4.78, 5) is 14.0. The molecule has 2 saturated heterocycles. The van der Waals surface area contributed by atoms with E-state index in [1.165, 1.54) is 18.9 Å². The van der Waals surface area contributed by atoms with Gasteiger partial charge in [0.25, 0.3) is 0 Å². The average molecular weight is 291 g/mol. The van der Waals surface area contributed by atoms with Crippen LogP contribution in [0.4, 0.5) is 14.9 Å². The van der Waals surface area contributed by atoms with Crippen LogP contribution in [0.5, 0.6) is 0 Å². The number of halogens is 1. The third-order valence-corrected chi connectivity index (χ3v) is 4.61. The molecule has 5 heteroatoms. The molecule has 1 unspecified atom stereocenters. The number of nitrogens with one attached hydrogen (secondary N) is 2. The first-order chi connectivity index (χ1) is 10.2. The normalized spacial score (nSPS) is 23.3. The van der Waals surface area contributed by atoms with E-state index >= 15 is 0 Å². The van der Waals surface area contributed by atoms with Crippen LogP contribution in [0.1, 0.15) is 25.7 Å². The lowest BCUT2D eigenvalue weighted by Gasteiger charge is -2.34. The second kappa shape index (κ2) is 6.43. The van der Waals surface area contributed by atoms with Crippen molar-refractivity contribution in [3.05, 3.63) is 30.1 Å². The molecule has 1 aromatic rings. The molecule has 0 bridgehead atoms. The average Bonchev–Trinajstić information content (AvgIpc) is 3.04. The Morgan fingerprint density at radius 3 is 2.67 bits per heavy atom. The van der Waals surface area contributed by atoms with E-state index in [9.17, 15) is 9.18 Å². The van der Waals surface area contributed by atoms with Gasteiger partial charge in [0.2, 0.25) is 0 Å². The fourth-order valence-corrected chi connectivity index (χ4v) is 3.38. The maximum Gasteiger partial charge on any atom is 0.321 e. The third-order valence-electron chi connectivity index (χ3n) is 4.61. The Hall–Kier alpha value is -1.62. The molecule has 0 saturated carbocycles. The van der Waals surface area contributed by atoms with Crippen LogP contribution in [0.2, 0.25) is 0 Å². The highest BCUT2D eigenvalue weighted by molar-refractivity contribution is 5.89. The number of para-hydroxylation sites is 1. The predicted molar refractivity (Wildman–Crippen MR) is 80.7 cm³/mol. The molecule has 1 aromatic carbocycles. The minimum Gasteiger partial charge on any atom is -0.325 e. The number of rotatable bonds is 2. The number of hydrogen-bond donors (Lipinski definition) is 2. The lowest BCUT2D eigenvalue weighted by molar-refractivity contribution is 0.170. The van der Waals surface area contributed by atoms with Crippen molar-refractivity contribution in [3.8, 4) is 0 Å². The highest BCUT2D eigenvalue weighted by atomic mass is 19.1. The Balaban J connectivity index is 1.52. The second-order valence-corrected chi connectivity index (χ2v) is 5.94. The van der Waals surface area contributed by atoms with Crippen molar-refractivity contribution >= 4 is 11.7 Å². The number of likely N-dealkylation sites (tertiary alicyclic amines) is 1. The lowest BCUT2D eigenvalue weighted by atomic mass is 9.89. The van der Waals surface area contributed by atoms with Crippen molar-refractivity contribution in [2.24, 2.45) is 5.92 Å². The van der Waals surface area contributed by atoms with Crippen LogP contribution in [0.15, 0.2) is 24.3 Å². The van der Waals surface area contributed by atoms with Crippen molar-refractivity contribution < 1.29 is 9.18 Å². The summed E-state index contributed by atoms with van der Waals surface area (Å²) in [6.07, 6.45) is 4.58. The van der Waals surface area contributed by atoms with E-state index in [1.807, 2.05) is 0 Å². The summed E-state index contributed by atoms with van der Waals surface area (Å²) < 4.78 is 13.5. The topological polar surface area (TPSA) is 44.4 Å². The molecule has 2 fully saturated rings. The van der Waals surface area contributed by atoms with Crippen LogP contribution < -0.4 is 10.6 Å². The van der Waals surface area contributed by atoms with Gasteiger partial charge in [-0.1, -0.05) is 12.1 Å². The van der Waals surface area contributed by atoms with Crippen molar-refractivity contribution in [1.82, 2.24) is 10.2 Å². The summed E-state index contributed by atoms with van der Waals surface area (Å²) in [5.41, 5.74) is 0.252. The van der Waals surface area contributed by atoms with Crippen molar-refractivity contribution in [3.63, 3.8) is 0 Å². The number of piperidine rings is 1. The SMILES string of the molecule is O=C(Nc1ccccc1F)N1CCC(C2CCCN2)CC1. The highest BCUT2D eigenvalue weighted by Gasteiger charge is 2.29. The molecule has 0 radical (unpaired) electrons. The standard InChI is InChI=1S/C16H22FN3O/c17-13-4-1-2-5-15(13)19-16(21)20-10-7-12(8-11-20)14-6-3-9-18-14/h1-2,4-5,12,14,18H,3,6-11H2,(H,19,21). The van der Waals surface area contributed by atoms with Gasteiger partial charge in [-0.15, -0.1) is 0 Å². The van der Waals surface area contributed by atoms with Gasteiger partial charge in [0.1, 0.15) is 5.82 Å². The van der Waals surface area contributed by atoms with Crippen LogP contribution in [0.25, 0.3) is 0 Å². The first kappa shape index (κ1) is 14.3.